The van der Waals surface area contributed by atoms with Crippen LogP contribution in [0.5, 0.6) is 0 Å². The van der Waals surface area contributed by atoms with Crippen LogP contribution in [0.3, 0.4) is 0 Å². The van der Waals surface area contributed by atoms with Gasteiger partial charge >= 0.3 is 5.97 Å². The molecule has 0 aromatic rings. The van der Waals surface area contributed by atoms with Crippen molar-refractivity contribution in [1.29, 1.82) is 0 Å². The Balaban J connectivity index is 1.52. The number of hydrogen-bond acceptors (Lipinski definition) is 4. The Labute approximate surface area is 163 Å². The summed E-state index contributed by atoms with van der Waals surface area (Å²) in [6.07, 6.45) is 11.2. The molecule has 0 aromatic heterocycles. The number of carbonyl (C=O) groups is 1. The minimum atomic E-state index is -0.154. The quantitative estimate of drug-likeness (QED) is 0.508. The maximum atomic E-state index is 11.5. The van der Waals surface area contributed by atoms with Crippen molar-refractivity contribution in [3.05, 3.63) is 11.6 Å². The van der Waals surface area contributed by atoms with E-state index in [4.69, 9.17) is 14.2 Å². The summed E-state index contributed by atoms with van der Waals surface area (Å²) in [6, 6.07) is 0. The highest BCUT2D eigenvalue weighted by Gasteiger charge is 2.61. The van der Waals surface area contributed by atoms with Crippen LogP contribution < -0.4 is 0 Å². The number of fused-ring (bicyclic) bond motifs is 2. The minimum absolute atomic E-state index is 0.0442. The highest BCUT2D eigenvalue weighted by molar-refractivity contribution is 5.66. The maximum absolute atomic E-state index is 11.5. The smallest absolute Gasteiger partial charge is 0.302 e. The predicted octanol–water partition coefficient (Wildman–Crippen LogP) is 4.27. The van der Waals surface area contributed by atoms with Crippen molar-refractivity contribution in [3.8, 4) is 0 Å². The first-order valence-electron chi connectivity index (χ1n) is 11.0. The van der Waals surface area contributed by atoms with Gasteiger partial charge in [-0.2, -0.15) is 0 Å². The minimum Gasteiger partial charge on any atom is -0.462 e. The van der Waals surface area contributed by atoms with Crippen LogP contribution in [0.25, 0.3) is 0 Å². The number of rotatable bonds is 1. The van der Waals surface area contributed by atoms with Crippen molar-refractivity contribution in [1.82, 2.24) is 0 Å². The zero-order chi connectivity index (χ0) is 18.8. The molecule has 1 heterocycles. The molecule has 4 unspecified atom stereocenters. The molecule has 5 aliphatic rings. The van der Waals surface area contributed by atoms with E-state index in [0.29, 0.717) is 35.9 Å². The Kier molecular flexibility index (Phi) is 4.25. The molecule has 1 aliphatic heterocycles. The molecule has 4 aliphatic carbocycles. The fourth-order valence-electron chi connectivity index (χ4n) is 7.68. The van der Waals surface area contributed by atoms with Crippen LogP contribution in [0.2, 0.25) is 0 Å². The van der Waals surface area contributed by atoms with Gasteiger partial charge in [-0.05, 0) is 67.1 Å². The third kappa shape index (κ3) is 2.66. The van der Waals surface area contributed by atoms with Crippen LogP contribution in [-0.4, -0.2) is 37.5 Å². The Morgan fingerprint density at radius 3 is 2.70 bits per heavy atom. The number of ether oxygens (including phenoxy) is 3. The normalized spacial score (nSPS) is 51.3. The molecule has 4 heteroatoms. The molecule has 27 heavy (non-hydrogen) atoms. The first-order chi connectivity index (χ1) is 12.9. The fraction of sp³-hybridized carbons (Fsp3) is 0.870. The summed E-state index contributed by atoms with van der Waals surface area (Å²) >= 11 is 0. The van der Waals surface area contributed by atoms with E-state index in [9.17, 15) is 4.79 Å². The Hall–Kier alpha value is -0.870. The van der Waals surface area contributed by atoms with Crippen molar-refractivity contribution < 1.29 is 19.0 Å². The fourth-order valence-corrected chi connectivity index (χ4v) is 7.68. The van der Waals surface area contributed by atoms with Crippen molar-refractivity contribution in [2.24, 2.45) is 28.6 Å². The third-order valence-corrected chi connectivity index (χ3v) is 9.02. The lowest BCUT2D eigenvalue weighted by atomic mass is 9.47. The van der Waals surface area contributed by atoms with E-state index in [2.05, 4.69) is 19.9 Å². The molecular weight excluding hydrogens is 340 g/mol. The van der Waals surface area contributed by atoms with Crippen molar-refractivity contribution in [3.63, 3.8) is 0 Å². The lowest BCUT2D eigenvalue weighted by molar-refractivity contribution is -0.149. The summed E-state index contributed by atoms with van der Waals surface area (Å²) in [5.41, 5.74) is 2.06. The summed E-state index contributed by atoms with van der Waals surface area (Å²) in [5.74, 6) is 1.87. The van der Waals surface area contributed by atoms with Gasteiger partial charge in [0.05, 0.1) is 25.4 Å². The van der Waals surface area contributed by atoms with Crippen LogP contribution in [0.1, 0.15) is 65.7 Å². The topological polar surface area (TPSA) is 44.8 Å². The molecule has 4 bridgehead atoms. The molecule has 0 spiro atoms. The van der Waals surface area contributed by atoms with Crippen LogP contribution in [0, 0.1) is 28.6 Å². The molecule has 0 N–H and O–H groups in total. The summed E-state index contributed by atoms with van der Waals surface area (Å²) in [4.78, 5) is 11.5. The van der Waals surface area contributed by atoms with Gasteiger partial charge in [0.2, 0.25) is 0 Å². The molecule has 3 saturated carbocycles. The van der Waals surface area contributed by atoms with Crippen LogP contribution in [0.15, 0.2) is 11.6 Å². The standard InChI is InChI=1S/C23H34O4/c1-14(24)27-16-6-8-22(2)15(12-16)13-19-21-17-4-5-20(26-11-10-25-19)23(17,3)9-7-18(21)22/h13,16-21H,4-12H2,1-3H3/t16-,17?,18-,19?,20?,21?,22-,23-/m0/s1. The molecule has 4 fully saturated rings. The van der Waals surface area contributed by atoms with Gasteiger partial charge in [0.1, 0.15) is 6.10 Å². The van der Waals surface area contributed by atoms with E-state index in [1.807, 2.05) is 0 Å². The number of esters is 1. The lowest BCUT2D eigenvalue weighted by Crippen LogP contribution is -2.55. The van der Waals surface area contributed by atoms with Gasteiger partial charge in [0, 0.05) is 13.3 Å². The second-order valence-corrected chi connectivity index (χ2v) is 10.2. The molecular formula is C23H34O4. The van der Waals surface area contributed by atoms with E-state index < -0.39 is 0 Å². The molecule has 5 rings (SSSR count). The van der Waals surface area contributed by atoms with E-state index in [1.165, 1.54) is 38.2 Å². The van der Waals surface area contributed by atoms with Crippen molar-refractivity contribution in [2.45, 2.75) is 84.0 Å². The largest absolute Gasteiger partial charge is 0.462 e. The predicted molar refractivity (Wildman–Crippen MR) is 102 cm³/mol. The van der Waals surface area contributed by atoms with Gasteiger partial charge in [-0.25, -0.2) is 0 Å². The molecule has 1 saturated heterocycles. The second kappa shape index (κ2) is 6.32. The van der Waals surface area contributed by atoms with Gasteiger partial charge in [-0.15, -0.1) is 0 Å². The monoisotopic (exact) mass is 374 g/mol. The van der Waals surface area contributed by atoms with Gasteiger partial charge in [0.25, 0.3) is 0 Å². The zero-order valence-corrected chi connectivity index (χ0v) is 17.0. The molecule has 0 aromatic carbocycles. The van der Waals surface area contributed by atoms with Gasteiger partial charge in [0.15, 0.2) is 0 Å². The van der Waals surface area contributed by atoms with Crippen LogP contribution in [-0.2, 0) is 19.0 Å². The van der Waals surface area contributed by atoms with E-state index in [1.54, 1.807) is 0 Å². The Bertz CT molecular complexity index is 657. The number of hydrogen-bond donors (Lipinski definition) is 0. The van der Waals surface area contributed by atoms with Crippen LogP contribution in [0.4, 0.5) is 0 Å². The van der Waals surface area contributed by atoms with E-state index in [0.717, 1.165) is 25.9 Å². The van der Waals surface area contributed by atoms with Gasteiger partial charge in [-0.1, -0.05) is 25.5 Å². The Morgan fingerprint density at radius 2 is 1.89 bits per heavy atom. The molecule has 0 amide bonds. The average molecular weight is 375 g/mol. The third-order valence-electron chi connectivity index (χ3n) is 9.02. The maximum Gasteiger partial charge on any atom is 0.302 e. The van der Waals surface area contributed by atoms with Crippen molar-refractivity contribution in [2.75, 3.05) is 13.2 Å². The highest BCUT2D eigenvalue weighted by Crippen LogP contribution is 2.65. The summed E-state index contributed by atoms with van der Waals surface area (Å²) < 4.78 is 18.3. The zero-order valence-electron chi connectivity index (χ0n) is 17.0. The molecule has 4 nitrogen and oxygen atoms in total. The Morgan fingerprint density at radius 1 is 1.07 bits per heavy atom. The van der Waals surface area contributed by atoms with Gasteiger partial charge < -0.3 is 14.2 Å². The lowest BCUT2D eigenvalue weighted by Gasteiger charge is -2.59. The second-order valence-electron chi connectivity index (χ2n) is 10.2. The average Bonchev–Trinajstić information content (AvgIpc) is 2.97. The summed E-state index contributed by atoms with van der Waals surface area (Å²) in [5, 5.41) is 0. The molecule has 8 atom stereocenters. The first kappa shape index (κ1) is 18.2. The van der Waals surface area contributed by atoms with Crippen molar-refractivity contribution >= 4 is 5.97 Å². The molecule has 0 radical (unpaired) electrons. The van der Waals surface area contributed by atoms with Crippen LogP contribution >= 0.6 is 0 Å². The summed E-state index contributed by atoms with van der Waals surface area (Å²) in [6.45, 7) is 7.92. The summed E-state index contributed by atoms with van der Waals surface area (Å²) in [7, 11) is 0. The van der Waals surface area contributed by atoms with E-state index in [-0.39, 0.29) is 23.6 Å². The SMILES string of the molecule is CC(=O)O[C@H]1CC[C@@]2(C)C(=CC3OCCOC4CCC5C3[C@@H]2CC[C@]45C)C1. The van der Waals surface area contributed by atoms with Gasteiger partial charge in [-0.3, -0.25) is 4.79 Å². The highest BCUT2D eigenvalue weighted by atomic mass is 16.5. The number of carbonyl (C=O) groups excluding carboxylic acids is 1. The first-order valence-corrected chi connectivity index (χ1v) is 11.0. The van der Waals surface area contributed by atoms with E-state index >= 15 is 0 Å². The molecule has 150 valence electrons.